The summed E-state index contributed by atoms with van der Waals surface area (Å²) >= 11 is 0. The SMILES string of the molecule is CC(=O)c1cccc(-n2c(=O)n(Cc3ccncc3)c(=O)c3cccnc32)c1. The van der Waals surface area contributed by atoms with E-state index in [2.05, 4.69) is 9.97 Å². The minimum Gasteiger partial charge on any atom is -0.295 e. The van der Waals surface area contributed by atoms with E-state index >= 15 is 0 Å². The number of fused-ring (bicyclic) bond motifs is 1. The van der Waals surface area contributed by atoms with Gasteiger partial charge in [-0.3, -0.25) is 19.1 Å². The van der Waals surface area contributed by atoms with Gasteiger partial charge >= 0.3 is 5.69 Å². The molecule has 4 aromatic rings. The number of pyridine rings is 2. The van der Waals surface area contributed by atoms with E-state index in [1.807, 2.05) is 0 Å². The van der Waals surface area contributed by atoms with Gasteiger partial charge in [-0.1, -0.05) is 12.1 Å². The Kier molecular flexibility index (Phi) is 4.41. The number of Topliss-reactive ketones (excluding diaryl/α,β-unsaturated/α-hetero) is 1. The minimum absolute atomic E-state index is 0.109. The molecule has 0 N–H and O–H groups in total. The van der Waals surface area contributed by atoms with E-state index in [1.165, 1.54) is 22.3 Å². The molecular weight excluding hydrogens is 356 g/mol. The largest absolute Gasteiger partial charge is 0.337 e. The van der Waals surface area contributed by atoms with Gasteiger partial charge in [-0.05, 0) is 48.9 Å². The van der Waals surface area contributed by atoms with E-state index in [0.717, 1.165) is 5.56 Å². The number of ketones is 1. The fourth-order valence-corrected chi connectivity index (χ4v) is 3.09. The Hall–Kier alpha value is -3.87. The zero-order valence-electron chi connectivity index (χ0n) is 15.1. The molecule has 28 heavy (non-hydrogen) atoms. The first kappa shape index (κ1) is 17.5. The first-order valence-electron chi connectivity index (χ1n) is 8.67. The molecule has 1 aromatic carbocycles. The van der Waals surface area contributed by atoms with Crippen molar-refractivity contribution < 1.29 is 4.79 Å². The van der Waals surface area contributed by atoms with Crippen LogP contribution in [0.2, 0.25) is 0 Å². The molecule has 0 saturated carbocycles. The number of rotatable bonds is 4. The number of nitrogens with zero attached hydrogens (tertiary/aromatic N) is 4. The summed E-state index contributed by atoms with van der Waals surface area (Å²) in [7, 11) is 0. The highest BCUT2D eigenvalue weighted by Crippen LogP contribution is 2.14. The topological polar surface area (TPSA) is 86.9 Å². The van der Waals surface area contributed by atoms with Gasteiger partial charge in [0.15, 0.2) is 11.4 Å². The summed E-state index contributed by atoms with van der Waals surface area (Å²) < 4.78 is 2.53. The quantitative estimate of drug-likeness (QED) is 0.513. The van der Waals surface area contributed by atoms with Crippen molar-refractivity contribution in [1.82, 2.24) is 19.1 Å². The molecule has 4 rings (SSSR count). The van der Waals surface area contributed by atoms with Gasteiger partial charge in [-0.2, -0.15) is 0 Å². The number of hydrogen-bond donors (Lipinski definition) is 0. The van der Waals surface area contributed by atoms with Crippen LogP contribution in [0.3, 0.4) is 0 Å². The highest BCUT2D eigenvalue weighted by atomic mass is 16.2. The van der Waals surface area contributed by atoms with Gasteiger partial charge in [0.2, 0.25) is 0 Å². The van der Waals surface area contributed by atoms with Gasteiger partial charge in [-0.25, -0.2) is 14.3 Å². The maximum absolute atomic E-state index is 13.3. The minimum atomic E-state index is -0.520. The van der Waals surface area contributed by atoms with Crippen molar-refractivity contribution in [3.05, 3.63) is 99.1 Å². The van der Waals surface area contributed by atoms with Crippen molar-refractivity contribution in [2.75, 3.05) is 0 Å². The van der Waals surface area contributed by atoms with Gasteiger partial charge in [0.05, 0.1) is 17.6 Å². The highest BCUT2D eigenvalue weighted by Gasteiger charge is 2.16. The summed E-state index contributed by atoms with van der Waals surface area (Å²) in [4.78, 5) is 46.2. The molecule has 0 spiro atoms. The van der Waals surface area contributed by atoms with Crippen molar-refractivity contribution in [2.24, 2.45) is 0 Å². The maximum Gasteiger partial charge on any atom is 0.337 e. The summed E-state index contributed by atoms with van der Waals surface area (Å²) in [5, 5.41) is 0.324. The van der Waals surface area contributed by atoms with Crippen LogP contribution in [0.15, 0.2) is 76.7 Å². The molecule has 7 nitrogen and oxygen atoms in total. The lowest BCUT2D eigenvalue weighted by Gasteiger charge is -2.14. The van der Waals surface area contributed by atoms with Gasteiger partial charge < -0.3 is 0 Å². The van der Waals surface area contributed by atoms with E-state index < -0.39 is 11.2 Å². The van der Waals surface area contributed by atoms with Crippen molar-refractivity contribution in [2.45, 2.75) is 13.5 Å². The number of hydrogen-bond acceptors (Lipinski definition) is 5. The average molecular weight is 372 g/mol. The number of benzene rings is 1. The van der Waals surface area contributed by atoms with Crippen molar-refractivity contribution in [3.63, 3.8) is 0 Å². The van der Waals surface area contributed by atoms with Crippen LogP contribution >= 0.6 is 0 Å². The van der Waals surface area contributed by atoms with E-state index in [0.29, 0.717) is 16.6 Å². The average Bonchev–Trinajstić information content (AvgIpc) is 2.72. The zero-order chi connectivity index (χ0) is 19.7. The predicted molar refractivity (Wildman–Crippen MR) is 105 cm³/mol. The molecule has 0 radical (unpaired) electrons. The van der Waals surface area contributed by atoms with E-state index in [9.17, 15) is 14.4 Å². The van der Waals surface area contributed by atoms with Gasteiger partial charge in [0.25, 0.3) is 5.56 Å². The second kappa shape index (κ2) is 7.03. The third kappa shape index (κ3) is 3.03. The lowest BCUT2D eigenvalue weighted by molar-refractivity contribution is 0.101. The van der Waals surface area contributed by atoms with Crippen molar-refractivity contribution >= 4 is 16.8 Å². The second-order valence-corrected chi connectivity index (χ2v) is 6.35. The molecule has 0 atom stereocenters. The Labute approximate surface area is 159 Å². The van der Waals surface area contributed by atoms with Gasteiger partial charge in [-0.15, -0.1) is 0 Å². The summed E-state index contributed by atoms with van der Waals surface area (Å²) in [6.07, 6.45) is 4.75. The first-order valence-corrected chi connectivity index (χ1v) is 8.67. The Morgan fingerprint density at radius 2 is 1.79 bits per heavy atom. The molecule has 3 heterocycles. The normalized spacial score (nSPS) is 10.9. The van der Waals surface area contributed by atoms with Crippen LogP contribution < -0.4 is 11.2 Å². The van der Waals surface area contributed by atoms with E-state index in [1.54, 1.807) is 60.9 Å². The van der Waals surface area contributed by atoms with Crippen LogP contribution in [-0.2, 0) is 6.54 Å². The molecular formula is C21H16N4O3. The molecule has 3 aromatic heterocycles. The Bertz CT molecular complexity index is 1310. The molecule has 0 amide bonds. The lowest BCUT2D eigenvalue weighted by atomic mass is 10.1. The van der Waals surface area contributed by atoms with E-state index in [-0.39, 0.29) is 18.0 Å². The molecule has 0 unspecified atom stereocenters. The Morgan fingerprint density at radius 1 is 1.00 bits per heavy atom. The van der Waals surface area contributed by atoms with Crippen LogP contribution in [0.5, 0.6) is 0 Å². The standard InChI is InChI=1S/C21H16N4O3/c1-14(26)16-4-2-5-17(12-16)25-19-18(6-3-9-23-19)20(27)24(21(25)28)13-15-7-10-22-11-8-15/h2-12H,13H2,1H3. The highest BCUT2D eigenvalue weighted by molar-refractivity contribution is 5.94. The number of carbonyl (C=O) groups is 1. The van der Waals surface area contributed by atoms with Crippen LogP contribution in [0, 0.1) is 0 Å². The molecule has 0 bridgehead atoms. The summed E-state index contributed by atoms with van der Waals surface area (Å²) in [6.45, 7) is 1.57. The second-order valence-electron chi connectivity index (χ2n) is 6.35. The molecule has 0 aliphatic rings. The zero-order valence-corrected chi connectivity index (χ0v) is 15.1. The molecule has 0 fully saturated rings. The molecule has 138 valence electrons. The smallest absolute Gasteiger partial charge is 0.295 e. The van der Waals surface area contributed by atoms with Crippen LogP contribution in [0.4, 0.5) is 0 Å². The molecule has 0 aliphatic carbocycles. The maximum atomic E-state index is 13.3. The third-order valence-corrected chi connectivity index (χ3v) is 4.50. The van der Waals surface area contributed by atoms with Gasteiger partial charge in [0, 0.05) is 24.2 Å². The Balaban J connectivity index is 2.03. The molecule has 0 saturated heterocycles. The fourth-order valence-electron chi connectivity index (χ4n) is 3.09. The number of aromatic nitrogens is 4. The summed E-state index contributed by atoms with van der Waals surface area (Å²) in [5.74, 6) is -0.114. The third-order valence-electron chi connectivity index (χ3n) is 4.50. The van der Waals surface area contributed by atoms with Crippen LogP contribution in [0.25, 0.3) is 16.7 Å². The van der Waals surface area contributed by atoms with Crippen LogP contribution in [-0.4, -0.2) is 24.9 Å². The van der Waals surface area contributed by atoms with Crippen LogP contribution in [0.1, 0.15) is 22.8 Å². The number of carbonyl (C=O) groups excluding carboxylic acids is 1. The van der Waals surface area contributed by atoms with Crippen molar-refractivity contribution in [3.8, 4) is 5.69 Å². The lowest BCUT2D eigenvalue weighted by Crippen LogP contribution is -2.40. The molecule has 0 aliphatic heterocycles. The van der Waals surface area contributed by atoms with E-state index in [4.69, 9.17) is 0 Å². The molecule has 7 heteroatoms. The fraction of sp³-hybridized carbons (Fsp3) is 0.0952. The summed E-state index contributed by atoms with van der Waals surface area (Å²) in [5.41, 5.74) is 1.05. The summed E-state index contributed by atoms with van der Waals surface area (Å²) in [6, 6.07) is 13.5. The first-order chi connectivity index (χ1) is 13.6. The van der Waals surface area contributed by atoms with Gasteiger partial charge in [0.1, 0.15) is 0 Å². The van der Waals surface area contributed by atoms with Crippen molar-refractivity contribution in [1.29, 1.82) is 0 Å². The predicted octanol–water partition coefficient (Wildman–Crippen LogP) is 2.19. The Morgan fingerprint density at radius 3 is 2.54 bits per heavy atom. The monoisotopic (exact) mass is 372 g/mol.